The highest BCUT2D eigenvalue weighted by Gasteiger charge is 2.24. The molecule has 4 heteroatoms. The zero-order chi connectivity index (χ0) is 15.1. The number of carbonyl (C=O) groups excluding carboxylic acids is 1. The number of benzene rings is 1. The SMILES string of the molecule is CCC(C)[C@H](N)C(=O)N(CC)Cc1ccc(OC)cc1. The standard InChI is InChI=1S/C16H26N2O2/c1-5-12(3)15(17)16(19)18(6-2)11-13-7-9-14(20-4)10-8-13/h7-10,12,15H,5-6,11,17H2,1-4H3/t12?,15-/m0/s1. The summed E-state index contributed by atoms with van der Waals surface area (Å²) in [7, 11) is 1.64. The van der Waals surface area contributed by atoms with Gasteiger partial charge in [-0.1, -0.05) is 32.4 Å². The molecule has 0 saturated carbocycles. The normalized spacial score (nSPS) is 13.7. The van der Waals surface area contributed by atoms with Crippen LogP contribution >= 0.6 is 0 Å². The van der Waals surface area contributed by atoms with E-state index >= 15 is 0 Å². The molecular formula is C16H26N2O2. The Balaban J connectivity index is 2.72. The van der Waals surface area contributed by atoms with E-state index in [0.29, 0.717) is 13.1 Å². The summed E-state index contributed by atoms with van der Waals surface area (Å²) in [6.45, 7) is 7.30. The van der Waals surface area contributed by atoms with Gasteiger partial charge in [-0.3, -0.25) is 4.79 Å². The number of rotatable bonds is 7. The molecule has 2 atom stereocenters. The van der Waals surface area contributed by atoms with Crippen molar-refractivity contribution in [1.82, 2.24) is 4.90 Å². The minimum absolute atomic E-state index is 0.0256. The molecule has 0 radical (unpaired) electrons. The van der Waals surface area contributed by atoms with Crippen molar-refractivity contribution in [3.05, 3.63) is 29.8 Å². The van der Waals surface area contributed by atoms with E-state index in [1.807, 2.05) is 38.1 Å². The van der Waals surface area contributed by atoms with Crippen molar-refractivity contribution in [1.29, 1.82) is 0 Å². The second kappa shape index (κ2) is 7.90. The van der Waals surface area contributed by atoms with Crippen LogP contribution in [0.2, 0.25) is 0 Å². The first-order chi connectivity index (χ1) is 9.53. The Morgan fingerprint density at radius 1 is 1.30 bits per heavy atom. The minimum atomic E-state index is -0.418. The molecule has 112 valence electrons. The number of hydrogen-bond acceptors (Lipinski definition) is 3. The molecule has 0 aliphatic rings. The molecule has 0 heterocycles. The van der Waals surface area contributed by atoms with Gasteiger partial charge in [0.1, 0.15) is 5.75 Å². The van der Waals surface area contributed by atoms with E-state index in [9.17, 15) is 4.79 Å². The summed E-state index contributed by atoms with van der Waals surface area (Å²) < 4.78 is 5.13. The molecule has 1 aromatic rings. The zero-order valence-corrected chi connectivity index (χ0v) is 12.9. The van der Waals surface area contributed by atoms with Gasteiger partial charge in [0.05, 0.1) is 13.2 Å². The fourth-order valence-corrected chi connectivity index (χ4v) is 2.01. The van der Waals surface area contributed by atoms with Crippen LogP contribution in [0, 0.1) is 5.92 Å². The van der Waals surface area contributed by atoms with Crippen LogP contribution in [0.3, 0.4) is 0 Å². The maximum absolute atomic E-state index is 12.4. The van der Waals surface area contributed by atoms with Gasteiger partial charge in [0.25, 0.3) is 0 Å². The summed E-state index contributed by atoms with van der Waals surface area (Å²) in [6.07, 6.45) is 0.910. The molecule has 2 N–H and O–H groups in total. The molecule has 0 aliphatic carbocycles. The molecule has 0 aliphatic heterocycles. The Hall–Kier alpha value is -1.55. The van der Waals surface area contributed by atoms with Gasteiger partial charge >= 0.3 is 0 Å². The van der Waals surface area contributed by atoms with Crippen LogP contribution < -0.4 is 10.5 Å². The molecule has 4 nitrogen and oxygen atoms in total. The van der Waals surface area contributed by atoms with Crippen LogP contribution in [0.5, 0.6) is 5.75 Å². The van der Waals surface area contributed by atoms with Gasteiger partial charge in [0, 0.05) is 13.1 Å². The molecule has 0 saturated heterocycles. The first kappa shape index (κ1) is 16.5. The van der Waals surface area contributed by atoms with Gasteiger partial charge in [-0.05, 0) is 30.5 Å². The fourth-order valence-electron chi connectivity index (χ4n) is 2.01. The number of methoxy groups -OCH3 is 1. The largest absolute Gasteiger partial charge is 0.497 e. The van der Waals surface area contributed by atoms with Gasteiger partial charge in [-0.2, -0.15) is 0 Å². The van der Waals surface area contributed by atoms with E-state index in [-0.39, 0.29) is 11.8 Å². The van der Waals surface area contributed by atoms with Crippen LogP contribution in [0.15, 0.2) is 24.3 Å². The quantitative estimate of drug-likeness (QED) is 0.833. The molecule has 0 bridgehead atoms. The molecule has 20 heavy (non-hydrogen) atoms. The Morgan fingerprint density at radius 3 is 2.35 bits per heavy atom. The third-order valence-electron chi connectivity index (χ3n) is 3.77. The average molecular weight is 278 g/mol. The Morgan fingerprint density at radius 2 is 1.90 bits per heavy atom. The number of nitrogens with zero attached hydrogens (tertiary/aromatic N) is 1. The predicted molar refractivity (Wildman–Crippen MR) is 81.5 cm³/mol. The van der Waals surface area contributed by atoms with Crippen molar-refractivity contribution in [2.24, 2.45) is 11.7 Å². The molecular weight excluding hydrogens is 252 g/mol. The van der Waals surface area contributed by atoms with Gasteiger partial charge in [-0.25, -0.2) is 0 Å². The van der Waals surface area contributed by atoms with Crippen LogP contribution in [0.1, 0.15) is 32.8 Å². The van der Waals surface area contributed by atoms with E-state index in [0.717, 1.165) is 17.7 Å². The lowest BCUT2D eigenvalue weighted by Crippen LogP contribution is -2.46. The first-order valence-electron chi connectivity index (χ1n) is 7.20. The van der Waals surface area contributed by atoms with Crippen LogP contribution in [0.4, 0.5) is 0 Å². The lowest BCUT2D eigenvalue weighted by atomic mass is 9.98. The molecule has 0 fully saturated rings. The third kappa shape index (κ3) is 4.23. The summed E-state index contributed by atoms with van der Waals surface area (Å²) in [4.78, 5) is 14.2. The van der Waals surface area contributed by atoms with E-state index < -0.39 is 6.04 Å². The lowest BCUT2D eigenvalue weighted by molar-refractivity contribution is -0.134. The molecule has 0 spiro atoms. The summed E-state index contributed by atoms with van der Waals surface area (Å²) in [5.41, 5.74) is 7.12. The highest BCUT2D eigenvalue weighted by molar-refractivity contribution is 5.81. The molecule has 1 aromatic carbocycles. The summed E-state index contributed by atoms with van der Waals surface area (Å²) >= 11 is 0. The van der Waals surface area contributed by atoms with Crippen LogP contribution in [-0.2, 0) is 11.3 Å². The van der Waals surface area contributed by atoms with Crippen LogP contribution in [0.25, 0.3) is 0 Å². The van der Waals surface area contributed by atoms with Crippen molar-refractivity contribution >= 4 is 5.91 Å². The smallest absolute Gasteiger partial charge is 0.240 e. The second-order valence-electron chi connectivity index (χ2n) is 5.11. The number of ether oxygens (including phenoxy) is 1. The summed E-state index contributed by atoms with van der Waals surface area (Å²) in [5, 5.41) is 0. The highest BCUT2D eigenvalue weighted by atomic mass is 16.5. The molecule has 1 unspecified atom stereocenters. The van der Waals surface area contributed by atoms with E-state index in [1.54, 1.807) is 12.0 Å². The van der Waals surface area contributed by atoms with Crippen LogP contribution in [-0.4, -0.2) is 30.5 Å². The topological polar surface area (TPSA) is 55.6 Å². The van der Waals surface area contributed by atoms with E-state index in [1.165, 1.54) is 0 Å². The Kier molecular flexibility index (Phi) is 6.52. The Bertz CT molecular complexity index is 417. The predicted octanol–water partition coefficient (Wildman–Crippen LogP) is 2.42. The van der Waals surface area contributed by atoms with E-state index in [2.05, 4.69) is 6.92 Å². The van der Waals surface area contributed by atoms with Gasteiger partial charge < -0.3 is 15.4 Å². The van der Waals surface area contributed by atoms with Crippen molar-refractivity contribution in [3.8, 4) is 5.75 Å². The minimum Gasteiger partial charge on any atom is -0.497 e. The first-order valence-corrected chi connectivity index (χ1v) is 7.20. The average Bonchev–Trinajstić information content (AvgIpc) is 2.50. The molecule has 0 aromatic heterocycles. The number of amides is 1. The van der Waals surface area contributed by atoms with Crippen molar-refractivity contribution in [2.45, 2.75) is 39.8 Å². The van der Waals surface area contributed by atoms with E-state index in [4.69, 9.17) is 10.5 Å². The number of nitrogens with two attached hydrogens (primary N) is 1. The molecule has 1 rings (SSSR count). The van der Waals surface area contributed by atoms with Crippen molar-refractivity contribution in [2.75, 3.05) is 13.7 Å². The lowest BCUT2D eigenvalue weighted by Gasteiger charge is -2.27. The maximum Gasteiger partial charge on any atom is 0.240 e. The summed E-state index contributed by atoms with van der Waals surface area (Å²) in [5.74, 6) is 1.05. The fraction of sp³-hybridized carbons (Fsp3) is 0.562. The number of carbonyl (C=O) groups is 1. The third-order valence-corrected chi connectivity index (χ3v) is 3.77. The maximum atomic E-state index is 12.4. The van der Waals surface area contributed by atoms with Gasteiger partial charge in [0.2, 0.25) is 5.91 Å². The van der Waals surface area contributed by atoms with Gasteiger partial charge in [-0.15, -0.1) is 0 Å². The second-order valence-corrected chi connectivity index (χ2v) is 5.11. The monoisotopic (exact) mass is 278 g/mol. The van der Waals surface area contributed by atoms with Gasteiger partial charge in [0.15, 0.2) is 0 Å². The van der Waals surface area contributed by atoms with Crippen molar-refractivity contribution < 1.29 is 9.53 Å². The zero-order valence-electron chi connectivity index (χ0n) is 12.9. The molecule has 1 amide bonds. The number of hydrogen-bond donors (Lipinski definition) is 1. The summed E-state index contributed by atoms with van der Waals surface area (Å²) in [6, 6.07) is 7.34. The van der Waals surface area contributed by atoms with Crippen molar-refractivity contribution in [3.63, 3.8) is 0 Å². The Labute approximate surface area is 121 Å². The number of likely N-dealkylation sites (N-methyl/N-ethyl adjacent to an activating group) is 1. The highest BCUT2D eigenvalue weighted by Crippen LogP contribution is 2.15.